The van der Waals surface area contributed by atoms with Crippen molar-refractivity contribution >= 4 is 5.91 Å². The molecule has 2 saturated heterocycles. The summed E-state index contributed by atoms with van der Waals surface area (Å²) in [5.41, 5.74) is 0. The number of hydrogen-bond donors (Lipinski definition) is 0. The van der Waals surface area contributed by atoms with Gasteiger partial charge < -0.3 is 9.80 Å². The van der Waals surface area contributed by atoms with Gasteiger partial charge in [-0.2, -0.15) is 0 Å². The van der Waals surface area contributed by atoms with Crippen LogP contribution in [0.2, 0.25) is 0 Å². The number of hydrogen-bond acceptors (Lipinski definition) is 3. The first-order valence-electron chi connectivity index (χ1n) is 7.79. The fraction of sp³-hybridized carbons (Fsp3) is 0.933. The Balaban J connectivity index is 1.83. The third-order valence-corrected chi connectivity index (χ3v) is 4.74. The van der Waals surface area contributed by atoms with Crippen molar-refractivity contribution in [2.45, 2.75) is 38.6 Å². The molecule has 2 aliphatic rings. The van der Waals surface area contributed by atoms with Gasteiger partial charge in [0.15, 0.2) is 0 Å². The van der Waals surface area contributed by atoms with Gasteiger partial charge in [-0.3, -0.25) is 9.69 Å². The summed E-state index contributed by atoms with van der Waals surface area (Å²) >= 11 is 0. The fourth-order valence-electron chi connectivity index (χ4n) is 3.44. The summed E-state index contributed by atoms with van der Waals surface area (Å²) in [6.07, 6.45) is 4.82. The second-order valence-electron chi connectivity index (χ2n) is 6.26. The highest BCUT2D eigenvalue weighted by atomic mass is 16.2. The number of rotatable bonds is 4. The molecule has 1 atom stereocenters. The van der Waals surface area contributed by atoms with Gasteiger partial charge in [-0.15, -0.1) is 0 Å². The van der Waals surface area contributed by atoms with Gasteiger partial charge in [0.2, 0.25) is 5.91 Å². The largest absolute Gasteiger partial charge is 0.347 e. The minimum atomic E-state index is 0.152. The van der Waals surface area contributed by atoms with Crippen molar-refractivity contribution in [2.24, 2.45) is 5.92 Å². The number of amides is 1. The van der Waals surface area contributed by atoms with E-state index in [0.29, 0.717) is 5.91 Å². The van der Waals surface area contributed by atoms with E-state index in [1.54, 1.807) is 4.90 Å². The predicted octanol–water partition coefficient (Wildman–Crippen LogP) is 1.27. The predicted molar refractivity (Wildman–Crippen MR) is 78.1 cm³/mol. The topological polar surface area (TPSA) is 26.8 Å². The average molecular weight is 267 g/mol. The zero-order valence-corrected chi connectivity index (χ0v) is 12.8. The third kappa shape index (κ3) is 3.69. The Labute approximate surface area is 117 Å². The van der Waals surface area contributed by atoms with E-state index < -0.39 is 0 Å². The molecule has 2 heterocycles. The molecule has 0 unspecified atom stereocenters. The molecule has 19 heavy (non-hydrogen) atoms. The highest BCUT2D eigenvalue weighted by Gasteiger charge is 2.33. The van der Waals surface area contributed by atoms with Crippen molar-refractivity contribution in [3.05, 3.63) is 0 Å². The smallest absolute Gasteiger partial charge is 0.239 e. The number of carbonyl (C=O) groups excluding carboxylic acids is 1. The van der Waals surface area contributed by atoms with E-state index in [9.17, 15) is 4.79 Å². The summed E-state index contributed by atoms with van der Waals surface area (Å²) in [7, 11) is 3.75. The molecule has 110 valence electrons. The molecule has 2 aliphatic heterocycles. The van der Waals surface area contributed by atoms with Crippen LogP contribution < -0.4 is 0 Å². The summed E-state index contributed by atoms with van der Waals surface area (Å²) in [6.45, 7) is 8.13. The maximum Gasteiger partial charge on any atom is 0.239 e. The Kier molecular flexibility index (Phi) is 5.22. The highest BCUT2D eigenvalue weighted by Crippen LogP contribution is 2.24. The highest BCUT2D eigenvalue weighted by molar-refractivity contribution is 5.81. The van der Waals surface area contributed by atoms with E-state index in [2.05, 4.69) is 16.7 Å². The van der Waals surface area contributed by atoms with Crippen LogP contribution in [0.15, 0.2) is 0 Å². The lowest BCUT2D eigenvalue weighted by Crippen LogP contribution is -2.46. The first-order chi connectivity index (χ1) is 9.11. The summed E-state index contributed by atoms with van der Waals surface area (Å²) < 4.78 is 0. The molecule has 0 aromatic heterocycles. The molecule has 0 aromatic carbocycles. The molecule has 0 radical (unpaired) electrons. The van der Waals surface area contributed by atoms with Crippen LogP contribution >= 0.6 is 0 Å². The van der Waals surface area contributed by atoms with Crippen molar-refractivity contribution in [1.29, 1.82) is 0 Å². The molecule has 2 rings (SSSR count). The molecule has 0 aliphatic carbocycles. The standard InChI is InChI=1S/C15H29N3O/c1-4-17-10-7-13(8-11-17)12-18-9-5-6-14(18)15(19)16(2)3/h13-14H,4-12H2,1-3H3/t14-/m0/s1. The van der Waals surface area contributed by atoms with Crippen LogP contribution in [0.4, 0.5) is 0 Å². The summed E-state index contributed by atoms with van der Waals surface area (Å²) in [4.78, 5) is 18.9. The SMILES string of the molecule is CCN1CCC(CN2CCC[C@H]2C(=O)N(C)C)CC1. The molecule has 0 N–H and O–H groups in total. The van der Waals surface area contributed by atoms with Crippen molar-refractivity contribution in [3.8, 4) is 0 Å². The molecular formula is C15H29N3O. The quantitative estimate of drug-likeness (QED) is 0.767. The molecule has 0 spiro atoms. The van der Waals surface area contributed by atoms with Gasteiger partial charge in [-0.25, -0.2) is 0 Å². The minimum absolute atomic E-state index is 0.152. The van der Waals surface area contributed by atoms with Crippen LogP contribution in [0.1, 0.15) is 32.6 Å². The van der Waals surface area contributed by atoms with Gasteiger partial charge in [0, 0.05) is 20.6 Å². The summed E-state index contributed by atoms with van der Waals surface area (Å²) in [5.74, 6) is 1.09. The first kappa shape index (κ1) is 14.8. The van der Waals surface area contributed by atoms with Gasteiger partial charge in [0.1, 0.15) is 0 Å². The molecule has 1 amide bonds. The molecule has 4 nitrogen and oxygen atoms in total. The Morgan fingerprint density at radius 1 is 1.16 bits per heavy atom. The molecular weight excluding hydrogens is 238 g/mol. The van der Waals surface area contributed by atoms with Crippen molar-refractivity contribution in [1.82, 2.24) is 14.7 Å². The second-order valence-corrected chi connectivity index (χ2v) is 6.26. The Morgan fingerprint density at radius 2 is 1.84 bits per heavy atom. The minimum Gasteiger partial charge on any atom is -0.347 e. The zero-order chi connectivity index (χ0) is 13.8. The summed E-state index contributed by atoms with van der Waals surface area (Å²) in [6, 6.07) is 0.152. The second kappa shape index (κ2) is 6.71. The van der Waals surface area contributed by atoms with Gasteiger partial charge in [0.25, 0.3) is 0 Å². The Morgan fingerprint density at radius 3 is 2.42 bits per heavy atom. The average Bonchev–Trinajstić information content (AvgIpc) is 2.86. The van der Waals surface area contributed by atoms with E-state index in [1.165, 1.54) is 38.9 Å². The normalized spacial score (nSPS) is 26.8. The van der Waals surface area contributed by atoms with Crippen LogP contribution in [0.25, 0.3) is 0 Å². The monoisotopic (exact) mass is 267 g/mol. The van der Waals surface area contributed by atoms with E-state index >= 15 is 0 Å². The maximum atomic E-state index is 12.2. The molecule has 0 saturated carbocycles. The number of likely N-dealkylation sites (tertiary alicyclic amines) is 2. The molecule has 4 heteroatoms. The third-order valence-electron chi connectivity index (χ3n) is 4.74. The Hall–Kier alpha value is -0.610. The lowest BCUT2D eigenvalue weighted by Gasteiger charge is -2.35. The number of carbonyl (C=O) groups is 1. The fourth-order valence-corrected chi connectivity index (χ4v) is 3.44. The van der Waals surface area contributed by atoms with Crippen LogP contribution in [-0.2, 0) is 4.79 Å². The van der Waals surface area contributed by atoms with Gasteiger partial charge >= 0.3 is 0 Å². The van der Waals surface area contributed by atoms with Gasteiger partial charge in [0.05, 0.1) is 6.04 Å². The van der Waals surface area contributed by atoms with Crippen molar-refractivity contribution in [2.75, 3.05) is 46.8 Å². The van der Waals surface area contributed by atoms with Crippen LogP contribution in [0.3, 0.4) is 0 Å². The zero-order valence-electron chi connectivity index (χ0n) is 12.8. The van der Waals surface area contributed by atoms with Crippen LogP contribution in [0, 0.1) is 5.92 Å². The molecule has 0 bridgehead atoms. The van der Waals surface area contributed by atoms with E-state index in [0.717, 1.165) is 25.4 Å². The van der Waals surface area contributed by atoms with Gasteiger partial charge in [-0.05, 0) is 57.8 Å². The summed E-state index contributed by atoms with van der Waals surface area (Å²) in [5, 5.41) is 0. The van der Waals surface area contributed by atoms with Gasteiger partial charge in [-0.1, -0.05) is 6.92 Å². The first-order valence-corrected chi connectivity index (χ1v) is 7.79. The van der Waals surface area contributed by atoms with Crippen LogP contribution in [0.5, 0.6) is 0 Å². The molecule has 2 fully saturated rings. The molecule has 0 aromatic rings. The maximum absolute atomic E-state index is 12.2. The van der Waals surface area contributed by atoms with E-state index in [1.807, 2.05) is 14.1 Å². The van der Waals surface area contributed by atoms with Crippen molar-refractivity contribution in [3.63, 3.8) is 0 Å². The lowest BCUT2D eigenvalue weighted by molar-refractivity contribution is -0.133. The van der Waals surface area contributed by atoms with E-state index in [-0.39, 0.29) is 6.04 Å². The number of nitrogens with zero attached hydrogens (tertiary/aromatic N) is 3. The van der Waals surface area contributed by atoms with Crippen molar-refractivity contribution < 1.29 is 4.79 Å². The number of likely N-dealkylation sites (N-methyl/N-ethyl adjacent to an activating group) is 1. The van der Waals surface area contributed by atoms with E-state index in [4.69, 9.17) is 0 Å². The lowest BCUT2D eigenvalue weighted by atomic mass is 9.96. The number of piperidine rings is 1. The Bertz CT molecular complexity index is 298. The van der Waals surface area contributed by atoms with Crippen LogP contribution in [-0.4, -0.2) is 73.5 Å².